The predicted molar refractivity (Wildman–Crippen MR) is 95.8 cm³/mol. The van der Waals surface area contributed by atoms with E-state index in [-0.39, 0.29) is 30.5 Å². The number of rotatable bonds is 7. The largest absolute Gasteiger partial charge is 0.380 e. The van der Waals surface area contributed by atoms with Crippen molar-refractivity contribution in [1.29, 1.82) is 5.26 Å². The molecule has 0 saturated heterocycles. The van der Waals surface area contributed by atoms with E-state index in [1.807, 2.05) is 19.9 Å². The average Bonchev–Trinajstić information content (AvgIpc) is 2.49. The van der Waals surface area contributed by atoms with Crippen molar-refractivity contribution < 1.29 is 9.13 Å². The molecule has 0 fully saturated rings. The highest BCUT2D eigenvalue weighted by Gasteiger charge is 2.04. The third-order valence-electron chi connectivity index (χ3n) is 2.68. The zero-order chi connectivity index (χ0) is 15.5. The molecule has 1 aromatic carbocycles. The van der Waals surface area contributed by atoms with Crippen molar-refractivity contribution in [3.63, 3.8) is 0 Å². The van der Waals surface area contributed by atoms with Crippen LogP contribution in [0.2, 0.25) is 0 Å². The molecule has 0 unspecified atom stereocenters. The Morgan fingerprint density at radius 1 is 1.36 bits per heavy atom. The SMILES string of the molecule is CCNC(=NCc1ccc(C#N)cc1F)NCCOCC.I. The maximum atomic E-state index is 13.7. The lowest BCUT2D eigenvalue weighted by Crippen LogP contribution is -2.39. The second kappa shape index (κ2) is 12.2. The van der Waals surface area contributed by atoms with Crippen molar-refractivity contribution in [3.05, 3.63) is 35.1 Å². The van der Waals surface area contributed by atoms with Gasteiger partial charge < -0.3 is 15.4 Å². The normalized spacial score (nSPS) is 10.5. The number of ether oxygens (including phenoxy) is 1. The first-order valence-electron chi connectivity index (χ1n) is 6.99. The molecule has 0 aromatic heterocycles. The second-order valence-electron chi connectivity index (χ2n) is 4.24. The molecule has 5 nitrogen and oxygen atoms in total. The summed E-state index contributed by atoms with van der Waals surface area (Å²) in [6.07, 6.45) is 0. The Kier molecular flexibility index (Phi) is 11.4. The first-order valence-corrected chi connectivity index (χ1v) is 6.99. The highest BCUT2D eigenvalue weighted by molar-refractivity contribution is 14.0. The van der Waals surface area contributed by atoms with E-state index >= 15 is 0 Å². The molecule has 22 heavy (non-hydrogen) atoms. The molecule has 0 spiro atoms. The van der Waals surface area contributed by atoms with Gasteiger partial charge in [0.05, 0.1) is 24.8 Å². The van der Waals surface area contributed by atoms with E-state index in [1.165, 1.54) is 6.07 Å². The number of nitrogens with zero attached hydrogens (tertiary/aromatic N) is 2. The summed E-state index contributed by atoms with van der Waals surface area (Å²) in [5, 5.41) is 14.9. The van der Waals surface area contributed by atoms with E-state index in [1.54, 1.807) is 12.1 Å². The van der Waals surface area contributed by atoms with Crippen molar-refractivity contribution in [2.75, 3.05) is 26.3 Å². The van der Waals surface area contributed by atoms with Crippen molar-refractivity contribution in [2.24, 2.45) is 4.99 Å². The fourth-order valence-electron chi connectivity index (χ4n) is 1.64. The summed E-state index contributed by atoms with van der Waals surface area (Å²) in [5.41, 5.74) is 0.762. The van der Waals surface area contributed by atoms with Gasteiger partial charge in [0.15, 0.2) is 5.96 Å². The quantitative estimate of drug-likeness (QED) is 0.308. The Labute approximate surface area is 148 Å². The van der Waals surface area contributed by atoms with Crippen LogP contribution in [0.25, 0.3) is 0 Å². The molecule has 0 aliphatic heterocycles. The molecule has 0 aliphatic rings. The van der Waals surface area contributed by atoms with E-state index in [0.717, 1.165) is 6.54 Å². The Hall–Kier alpha value is -1.40. The molecule has 0 bridgehead atoms. The van der Waals surface area contributed by atoms with Crippen LogP contribution in [-0.4, -0.2) is 32.3 Å². The van der Waals surface area contributed by atoms with E-state index in [9.17, 15) is 4.39 Å². The van der Waals surface area contributed by atoms with Gasteiger partial charge in [0.25, 0.3) is 0 Å². The predicted octanol–water partition coefficient (Wildman–Crippen LogP) is 2.41. The number of halogens is 2. The average molecular weight is 420 g/mol. The minimum Gasteiger partial charge on any atom is -0.380 e. The zero-order valence-corrected chi connectivity index (χ0v) is 15.2. The molecular weight excluding hydrogens is 398 g/mol. The van der Waals surface area contributed by atoms with E-state index < -0.39 is 5.82 Å². The van der Waals surface area contributed by atoms with E-state index in [4.69, 9.17) is 10.00 Å². The first kappa shape index (κ1) is 20.6. The molecule has 7 heteroatoms. The molecule has 122 valence electrons. The molecule has 0 aliphatic carbocycles. The molecular formula is C15H22FIN4O. The molecule has 0 heterocycles. The minimum atomic E-state index is -0.414. The van der Waals surface area contributed by atoms with Gasteiger partial charge in [-0.3, -0.25) is 0 Å². The summed E-state index contributed by atoms with van der Waals surface area (Å²) in [5.74, 6) is 0.198. The van der Waals surface area contributed by atoms with Crippen LogP contribution in [0.4, 0.5) is 4.39 Å². The topological polar surface area (TPSA) is 69.4 Å². The lowest BCUT2D eigenvalue weighted by molar-refractivity contribution is 0.152. The Bertz CT molecular complexity index is 517. The number of hydrogen-bond donors (Lipinski definition) is 2. The standard InChI is InChI=1S/C15H21FN4O.HI/c1-3-18-15(19-7-8-21-4-2)20-11-13-6-5-12(10-17)9-14(13)16;/h5-6,9H,3-4,7-8,11H2,1-2H3,(H2,18,19,20);1H. The van der Waals surface area contributed by atoms with Gasteiger partial charge in [-0.05, 0) is 26.0 Å². The van der Waals surface area contributed by atoms with E-state index in [0.29, 0.717) is 36.8 Å². The van der Waals surface area contributed by atoms with Gasteiger partial charge in [-0.25, -0.2) is 9.38 Å². The van der Waals surface area contributed by atoms with Crippen LogP contribution < -0.4 is 10.6 Å². The molecule has 0 saturated carbocycles. The summed E-state index contributed by atoms with van der Waals surface area (Å²) in [4.78, 5) is 4.31. The van der Waals surface area contributed by atoms with Crippen LogP contribution in [0.1, 0.15) is 25.0 Å². The third-order valence-corrected chi connectivity index (χ3v) is 2.68. The van der Waals surface area contributed by atoms with E-state index in [2.05, 4.69) is 15.6 Å². The summed E-state index contributed by atoms with van der Waals surface area (Å²) < 4.78 is 19.0. The maximum Gasteiger partial charge on any atom is 0.191 e. The Balaban J connectivity index is 0.00000441. The summed E-state index contributed by atoms with van der Waals surface area (Å²) >= 11 is 0. The fourth-order valence-corrected chi connectivity index (χ4v) is 1.64. The van der Waals surface area contributed by atoms with Gasteiger partial charge in [-0.15, -0.1) is 24.0 Å². The van der Waals surface area contributed by atoms with Crippen molar-refractivity contribution in [3.8, 4) is 6.07 Å². The molecule has 1 rings (SSSR count). The number of nitriles is 1. The Morgan fingerprint density at radius 2 is 2.14 bits per heavy atom. The zero-order valence-electron chi connectivity index (χ0n) is 12.9. The highest BCUT2D eigenvalue weighted by atomic mass is 127. The smallest absolute Gasteiger partial charge is 0.191 e. The van der Waals surface area contributed by atoms with Crippen LogP contribution >= 0.6 is 24.0 Å². The summed E-state index contributed by atoms with van der Waals surface area (Å²) in [7, 11) is 0. The van der Waals surface area contributed by atoms with Crippen molar-refractivity contribution >= 4 is 29.9 Å². The summed E-state index contributed by atoms with van der Waals surface area (Å²) in [6.45, 7) is 6.72. The minimum absolute atomic E-state index is 0. The van der Waals surface area contributed by atoms with Crippen LogP contribution in [0.15, 0.2) is 23.2 Å². The van der Waals surface area contributed by atoms with Gasteiger partial charge in [0.1, 0.15) is 5.82 Å². The second-order valence-corrected chi connectivity index (χ2v) is 4.24. The number of benzene rings is 1. The highest BCUT2D eigenvalue weighted by Crippen LogP contribution is 2.10. The summed E-state index contributed by atoms with van der Waals surface area (Å²) in [6, 6.07) is 6.30. The van der Waals surface area contributed by atoms with Gasteiger partial charge in [-0.2, -0.15) is 5.26 Å². The Morgan fingerprint density at radius 3 is 2.73 bits per heavy atom. The molecule has 0 amide bonds. The molecule has 2 N–H and O–H groups in total. The molecule has 0 radical (unpaired) electrons. The maximum absolute atomic E-state index is 13.7. The lowest BCUT2D eigenvalue weighted by atomic mass is 10.1. The lowest BCUT2D eigenvalue weighted by Gasteiger charge is -2.11. The van der Waals surface area contributed by atoms with Gasteiger partial charge in [-0.1, -0.05) is 6.07 Å². The van der Waals surface area contributed by atoms with Crippen molar-refractivity contribution in [1.82, 2.24) is 10.6 Å². The monoisotopic (exact) mass is 420 g/mol. The number of guanidine groups is 1. The van der Waals surface area contributed by atoms with Crippen LogP contribution in [0.3, 0.4) is 0 Å². The number of hydrogen-bond acceptors (Lipinski definition) is 3. The third kappa shape index (κ3) is 7.56. The van der Waals surface area contributed by atoms with Gasteiger partial charge >= 0.3 is 0 Å². The number of nitrogens with one attached hydrogen (secondary N) is 2. The fraction of sp³-hybridized carbons (Fsp3) is 0.467. The van der Waals surface area contributed by atoms with Crippen LogP contribution in [0, 0.1) is 17.1 Å². The number of aliphatic imine (C=N–C) groups is 1. The van der Waals surface area contributed by atoms with Gasteiger partial charge in [0.2, 0.25) is 0 Å². The first-order chi connectivity index (χ1) is 10.2. The van der Waals surface area contributed by atoms with Crippen LogP contribution in [0.5, 0.6) is 0 Å². The van der Waals surface area contributed by atoms with Crippen LogP contribution in [-0.2, 0) is 11.3 Å². The molecule has 1 aromatic rings. The molecule has 0 atom stereocenters. The van der Waals surface area contributed by atoms with Crippen molar-refractivity contribution in [2.45, 2.75) is 20.4 Å². The van der Waals surface area contributed by atoms with Gasteiger partial charge in [0, 0.05) is 25.3 Å².